The minimum atomic E-state index is 0.111. The van der Waals surface area contributed by atoms with Crippen LogP contribution in [0.1, 0.15) is 86.8 Å². The molecule has 0 saturated heterocycles. The molecule has 0 nitrogen and oxygen atoms in total. The largest absolute Gasteiger partial charge is 0.0622 e. The van der Waals surface area contributed by atoms with Crippen LogP contribution in [0.5, 0.6) is 0 Å². The van der Waals surface area contributed by atoms with Gasteiger partial charge in [-0.2, -0.15) is 0 Å². The third-order valence-electron chi connectivity index (χ3n) is 7.45. The molecule has 0 atom stereocenters. The van der Waals surface area contributed by atoms with Crippen molar-refractivity contribution in [3.63, 3.8) is 0 Å². The standard InChI is InChI=1S/C34H36/c1-33(2,3)25-17-19-27-28-20-18-26(34(4,5)6)22-30(28)32(29(27)21-25)31(23-13-9-7-10-14-23)24-15-11-8-12-16-24/h7-22,31-32H,1-6H3. The average molecular weight is 445 g/mol. The molecule has 1 aliphatic carbocycles. The average Bonchev–Trinajstić information content (AvgIpc) is 3.13. The summed E-state index contributed by atoms with van der Waals surface area (Å²) in [5, 5.41) is 0. The van der Waals surface area contributed by atoms with Crippen LogP contribution >= 0.6 is 0 Å². The lowest BCUT2D eigenvalue weighted by Gasteiger charge is -2.29. The molecule has 0 heteroatoms. The first-order valence-electron chi connectivity index (χ1n) is 12.5. The molecule has 0 spiro atoms. The maximum Gasteiger partial charge on any atom is 0.0211 e. The zero-order valence-corrected chi connectivity index (χ0v) is 21.4. The van der Waals surface area contributed by atoms with Crippen molar-refractivity contribution in [1.29, 1.82) is 0 Å². The van der Waals surface area contributed by atoms with E-state index in [2.05, 4.69) is 139 Å². The second-order valence-corrected chi connectivity index (χ2v) is 11.9. The smallest absolute Gasteiger partial charge is 0.0211 e. The zero-order chi connectivity index (χ0) is 24.1. The topological polar surface area (TPSA) is 0 Å². The summed E-state index contributed by atoms with van der Waals surface area (Å²) in [6.45, 7) is 13.9. The van der Waals surface area contributed by atoms with Gasteiger partial charge in [-0.1, -0.05) is 139 Å². The fraction of sp³-hybridized carbons (Fsp3) is 0.294. The Hall–Kier alpha value is -3.12. The maximum absolute atomic E-state index is 2.50. The number of fused-ring (bicyclic) bond motifs is 3. The summed E-state index contributed by atoms with van der Waals surface area (Å²) in [7, 11) is 0. The molecule has 4 aromatic rings. The molecule has 0 radical (unpaired) electrons. The summed E-state index contributed by atoms with van der Waals surface area (Å²) in [5.74, 6) is 0.534. The van der Waals surface area contributed by atoms with Gasteiger partial charge in [-0.15, -0.1) is 0 Å². The van der Waals surface area contributed by atoms with Crippen LogP contribution in [0.25, 0.3) is 11.1 Å². The van der Waals surface area contributed by atoms with Gasteiger partial charge >= 0.3 is 0 Å². The number of benzene rings is 4. The summed E-state index contributed by atoms with van der Waals surface area (Å²) in [5.41, 5.74) is 11.5. The predicted octanol–water partition coefficient (Wildman–Crippen LogP) is 9.23. The van der Waals surface area contributed by atoms with E-state index in [9.17, 15) is 0 Å². The quantitative estimate of drug-likeness (QED) is 0.295. The van der Waals surface area contributed by atoms with Gasteiger partial charge in [0.2, 0.25) is 0 Å². The van der Waals surface area contributed by atoms with Crippen LogP contribution < -0.4 is 0 Å². The third-order valence-corrected chi connectivity index (χ3v) is 7.45. The molecule has 0 bridgehead atoms. The number of rotatable bonds is 3. The highest BCUT2D eigenvalue weighted by atomic mass is 14.4. The van der Waals surface area contributed by atoms with E-state index in [0.717, 1.165) is 0 Å². The molecular formula is C34H36. The number of hydrogen-bond acceptors (Lipinski definition) is 0. The Labute approximate surface area is 205 Å². The molecular weight excluding hydrogens is 408 g/mol. The van der Waals surface area contributed by atoms with Crippen LogP contribution in [0.4, 0.5) is 0 Å². The van der Waals surface area contributed by atoms with E-state index in [1.165, 1.54) is 44.5 Å². The molecule has 1 aliphatic rings. The Morgan fingerprint density at radius 3 is 1.24 bits per heavy atom. The van der Waals surface area contributed by atoms with Crippen molar-refractivity contribution in [3.8, 4) is 11.1 Å². The Bertz CT molecular complexity index is 1190. The Morgan fingerprint density at radius 1 is 0.500 bits per heavy atom. The molecule has 0 fully saturated rings. The second kappa shape index (κ2) is 8.27. The highest BCUT2D eigenvalue weighted by Gasteiger charge is 2.37. The lowest BCUT2D eigenvalue weighted by molar-refractivity contribution is 0.586. The van der Waals surface area contributed by atoms with Crippen LogP contribution in [0.15, 0.2) is 97.1 Å². The fourth-order valence-corrected chi connectivity index (χ4v) is 5.49. The maximum atomic E-state index is 2.50. The van der Waals surface area contributed by atoms with Crippen molar-refractivity contribution in [2.75, 3.05) is 0 Å². The van der Waals surface area contributed by atoms with Crippen LogP contribution in [0.2, 0.25) is 0 Å². The van der Waals surface area contributed by atoms with E-state index in [1.807, 2.05) is 0 Å². The molecule has 34 heavy (non-hydrogen) atoms. The normalized spacial score (nSPS) is 13.7. The molecule has 4 aromatic carbocycles. The van der Waals surface area contributed by atoms with Gasteiger partial charge in [0.15, 0.2) is 0 Å². The summed E-state index contributed by atoms with van der Waals surface area (Å²) < 4.78 is 0. The molecule has 0 unspecified atom stereocenters. The molecule has 0 N–H and O–H groups in total. The predicted molar refractivity (Wildman–Crippen MR) is 146 cm³/mol. The molecule has 0 heterocycles. The molecule has 0 aliphatic heterocycles. The summed E-state index contributed by atoms with van der Waals surface area (Å²) in [4.78, 5) is 0. The van der Waals surface area contributed by atoms with E-state index in [1.54, 1.807) is 0 Å². The monoisotopic (exact) mass is 444 g/mol. The first kappa shape index (κ1) is 22.7. The van der Waals surface area contributed by atoms with E-state index >= 15 is 0 Å². The zero-order valence-electron chi connectivity index (χ0n) is 21.4. The number of hydrogen-bond donors (Lipinski definition) is 0. The van der Waals surface area contributed by atoms with E-state index in [0.29, 0.717) is 0 Å². The van der Waals surface area contributed by atoms with Gasteiger partial charge in [0, 0.05) is 11.8 Å². The highest BCUT2D eigenvalue weighted by molar-refractivity contribution is 5.81. The van der Waals surface area contributed by atoms with Crippen molar-refractivity contribution in [2.45, 2.75) is 64.2 Å². The van der Waals surface area contributed by atoms with Crippen LogP contribution in [-0.4, -0.2) is 0 Å². The van der Waals surface area contributed by atoms with Gasteiger partial charge in [0.1, 0.15) is 0 Å². The van der Waals surface area contributed by atoms with Gasteiger partial charge in [0.25, 0.3) is 0 Å². The third kappa shape index (κ3) is 4.00. The Balaban J connectivity index is 1.81. The lowest BCUT2D eigenvalue weighted by atomic mass is 9.74. The van der Waals surface area contributed by atoms with Gasteiger partial charge in [-0.05, 0) is 55.3 Å². The first-order valence-corrected chi connectivity index (χ1v) is 12.5. The summed E-state index contributed by atoms with van der Waals surface area (Å²) in [6, 6.07) is 36.6. The first-order chi connectivity index (χ1) is 16.1. The molecule has 0 amide bonds. The summed E-state index contributed by atoms with van der Waals surface area (Å²) >= 11 is 0. The SMILES string of the molecule is CC(C)(C)c1ccc2c(c1)C(C(c1ccccc1)c1ccccc1)c1cc(C(C)(C)C)ccc1-2. The summed E-state index contributed by atoms with van der Waals surface area (Å²) in [6.07, 6.45) is 0. The van der Waals surface area contributed by atoms with Crippen molar-refractivity contribution >= 4 is 0 Å². The van der Waals surface area contributed by atoms with Crippen LogP contribution in [0, 0.1) is 0 Å². The van der Waals surface area contributed by atoms with Gasteiger partial charge in [-0.3, -0.25) is 0 Å². The van der Waals surface area contributed by atoms with Crippen molar-refractivity contribution < 1.29 is 0 Å². The van der Waals surface area contributed by atoms with Crippen molar-refractivity contribution in [2.24, 2.45) is 0 Å². The molecule has 0 aromatic heterocycles. The van der Waals surface area contributed by atoms with Gasteiger partial charge in [0.05, 0.1) is 0 Å². The molecule has 5 rings (SSSR count). The van der Waals surface area contributed by atoms with Gasteiger partial charge in [-0.25, -0.2) is 0 Å². The molecule has 0 saturated carbocycles. The minimum Gasteiger partial charge on any atom is -0.0622 e. The van der Waals surface area contributed by atoms with Crippen LogP contribution in [-0.2, 0) is 10.8 Å². The van der Waals surface area contributed by atoms with Crippen molar-refractivity contribution in [3.05, 3.63) is 130 Å². The van der Waals surface area contributed by atoms with E-state index < -0.39 is 0 Å². The highest BCUT2D eigenvalue weighted by Crippen LogP contribution is 2.54. The minimum absolute atomic E-state index is 0.111. The Morgan fingerprint density at radius 2 is 0.882 bits per heavy atom. The second-order valence-electron chi connectivity index (χ2n) is 11.9. The van der Waals surface area contributed by atoms with E-state index in [-0.39, 0.29) is 22.7 Å². The van der Waals surface area contributed by atoms with Crippen molar-refractivity contribution in [1.82, 2.24) is 0 Å². The molecule has 172 valence electrons. The lowest BCUT2D eigenvalue weighted by Crippen LogP contribution is -2.16. The Kier molecular flexibility index (Phi) is 5.52. The van der Waals surface area contributed by atoms with Gasteiger partial charge < -0.3 is 0 Å². The van der Waals surface area contributed by atoms with E-state index in [4.69, 9.17) is 0 Å². The fourth-order valence-electron chi connectivity index (χ4n) is 5.49. The van der Waals surface area contributed by atoms with Crippen LogP contribution in [0.3, 0.4) is 0 Å².